The van der Waals surface area contributed by atoms with Gasteiger partial charge in [-0.3, -0.25) is 19.3 Å². The van der Waals surface area contributed by atoms with E-state index >= 15 is 0 Å². The van der Waals surface area contributed by atoms with Crippen LogP contribution in [0.15, 0.2) is 47.4 Å². The van der Waals surface area contributed by atoms with E-state index in [-0.39, 0.29) is 34.6 Å². The monoisotopic (exact) mass is 483 g/mol. The molecule has 2 heterocycles. The number of aromatic hydroxyl groups is 1. The Balaban J connectivity index is 1.41. The number of carbonyl (C=O) groups is 3. The summed E-state index contributed by atoms with van der Waals surface area (Å²) in [5, 5.41) is 9.57. The van der Waals surface area contributed by atoms with E-state index in [1.807, 2.05) is 30.3 Å². The number of nitrogens with zero attached hydrogens (tertiary/aromatic N) is 3. The van der Waals surface area contributed by atoms with Crippen LogP contribution in [0.3, 0.4) is 0 Å². The zero-order chi connectivity index (χ0) is 24.2. The Kier molecular flexibility index (Phi) is 6.97. The van der Waals surface area contributed by atoms with Gasteiger partial charge in [-0.1, -0.05) is 18.2 Å². The van der Waals surface area contributed by atoms with Crippen molar-refractivity contribution < 1.29 is 29.0 Å². The number of rotatable bonds is 6. The molecule has 0 saturated carbocycles. The van der Waals surface area contributed by atoms with Crippen LogP contribution >= 0.6 is 11.8 Å². The second kappa shape index (κ2) is 10.1. The van der Waals surface area contributed by atoms with E-state index in [9.17, 15) is 19.5 Å². The molecule has 178 valence electrons. The van der Waals surface area contributed by atoms with Gasteiger partial charge in [0.15, 0.2) is 11.5 Å². The number of imide groups is 1. The molecule has 0 aromatic heterocycles. The normalized spacial score (nSPS) is 17.5. The molecule has 9 nitrogen and oxygen atoms in total. The Hall–Kier alpha value is -3.66. The van der Waals surface area contributed by atoms with Crippen molar-refractivity contribution in [1.82, 2.24) is 9.80 Å². The van der Waals surface area contributed by atoms with Crippen molar-refractivity contribution in [3.63, 3.8) is 0 Å². The summed E-state index contributed by atoms with van der Waals surface area (Å²) in [5.74, 6) is -0.598. The number of anilines is 1. The Bertz CT molecular complexity index is 1100. The minimum absolute atomic E-state index is 0.159. The molecule has 3 amide bonds. The lowest BCUT2D eigenvalue weighted by Crippen LogP contribution is -2.51. The summed E-state index contributed by atoms with van der Waals surface area (Å²) in [6.07, 6.45) is 1.51. The highest BCUT2D eigenvalue weighted by atomic mass is 32.2. The molecule has 2 fully saturated rings. The van der Waals surface area contributed by atoms with E-state index in [1.54, 1.807) is 4.90 Å². The van der Waals surface area contributed by atoms with Crippen molar-refractivity contribution in [2.45, 2.75) is 0 Å². The van der Waals surface area contributed by atoms with Gasteiger partial charge in [-0.25, -0.2) is 0 Å². The fraction of sp³-hybridized carbons (Fsp3) is 0.292. The summed E-state index contributed by atoms with van der Waals surface area (Å²) in [6.45, 7) is 2.11. The van der Waals surface area contributed by atoms with Crippen molar-refractivity contribution in [2.75, 3.05) is 51.8 Å². The van der Waals surface area contributed by atoms with Crippen LogP contribution in [0, 0.1) is 0 Å². The van der Waals surface area contributed by atoms with Gasteiger partial charge in [0, 0.05) is 31.9 Å². The smallest absolute Gasteiger partial charge is 0.294 e. The highest BCUT2D eigenvalue weighted by Crippen LogP contribution is 2.39. The fourth-order valence-electron chi connectivity index (χ4n) is 3.87. The van der Waals surface area contributed by atoms with Crippen LogP contribution in [0.2, 0.25) is 0 Å². The number of hydrogen-bond donors (Lipinski definition) is 1. The first-order chi connectivity index (χ1) is 16.4. The number of benzene rings is 2. The van der Waals surface area contributed by atoms with Crippen molar-refractivity contribution in [2.24, 2.45) is 0 Å². The van der Waals surface area contributed by atoms with E-state index in [2.05, 4.69) is 4.90 Å². The standard InChI is InChI=1S/C24H25N3O6S/c1-32-18-12-16(13-19(33-2)22(18)29)14-20-23(30)27(24(31)34-20)15-21(28)26-10-8-25(9-11-26)17-6-4-3-5-7-17/h3-7,12-14,29H,8-11,15H2,1-2H3. The van der Waals surface area contributed by atoms with Gasteiger partial charge in [-0.2, -0.15) is 0 Å². The summed E-state index contributed by atoms with van der Waals surface area (Å²) in [6, 6.07) is 13.0. The predicted molar refractivity (Wildman–Crippen MR) is 129 cm³/mol. The summed E-state index contributed by atoms with van der Waals surface area (Å²) in [4.78, 5) is 43.2. The van der Waals surface area contributed by atoms with Crippen LogP contribution in [0.5, 0.6) is 17.2 Å². The van der Waals surface area contributed by atoms with Gasteiger partial charge in [0.25, 0.3) is 11.1 Å². The summed E-state index contributed by atoms with van der Waals surface area (Å²) in [7, 11) is 2.80. The average Bonchev–Trinajstić information content (AvgIpc) is 3.12. The molecule has 34 heavy (non-hydrogen) atoms. The first-order valence-electron chi connectivity index (χ1n) is 10.7. The first-order valence-corrected chi connectivity index (χ1v) is 11.5. The zero-order valence-corrected chi connectivity index (χ0v) is 19.7. The van der Waals surface area contributed by atoms with Gasteiger partial charge in [0.05, 0.1) is 19.1 Å². The molecule has 0 spiro atoms. The minimum Gasteiger partial charge on any atom is -0.502 e. The van der Waals surface area contributed by atoms with Crippen molar-refractivity contribution in [3.8, 4) is 17.2 Å². The second-order valence-corrected chi connectivity index (χ2v) is 8.74. The van der Waals surface area contributed by atoms with Gasteiger partial charge < -0.3 is 24.4 Å². The summed E-state index contributed by atoms with van der Waals surface area (Å²) >= 11 is 0.769. The molecule has 2 aromatic carbocycles. The molecule has 0 radical (unpaired) electrons. The molecule has 0 bridgehead atoms. The maximum Gasteiger partial charge on any atom is 0.294 e. The number of phenols is 1. The summed E-state index contributed by atoms with van der Waals surface area (Å²) in [5.41, 5.74) is 1.62. The Labute approximate surface area is 201 Å². The highest BCUT2D eigenvalue weighted by molar-refractivity contribution is 8.18. The van der Waals surface area contributed by atoms with Gasteiger partial charge >= 0.3 is 0 Å². The number of para-hydroxylation sites is 1. The number of methoxy groups -OCH3 is 2. The molecule has 2 aliphatic rings. The van der Waals surface area contributed by atoms with Crippen molar-refractivity contribution >= 4 is 40.6 Å². The maximum absolute atomic E-state index is 12.9. The molecule has 4 rings (SSSR count). The molecule has 1 N–H and O–H groups in total. The Morgan fingerprint density at radius 1 is 1.03 bits per heavy atom. The van der Waals surface area contributed by atoms with E-state index < -0.39 is 11.1 Å². The highest BCUT2D eigenvalue weighted by Gasteiger charge is 2.37. The average molecular weight is 484 g/mol. The zero-order valence-electron chi connectivity index (χ0n) is 18.9. The number of hydrogen-bond acceptors (Lipinski definition) is 8. The second-order valence-electron chi connectivity index (χ2n) is 7.75. The SMILES string of the molecule is COc1cc(C=C2SC(=O)N(CC(=O)N3CCN(c4ccccc4)CC3)C2=O)cc(OC)c1O. The third-order valence-corrected chi connectivity index (χ3v) is 6.63. The number of ether oxygens (including phenoxy) is 2. The van der Waals surface area contributed by atoms with Crippen LogP contribution < -0.4 is 14.4 Å². The quantitative estimate of drug-likeness (QED) is 0.627. The molecule has 0 atom stereocenters. The fourth-order valence-corrected chi connectivity index (χ4v) is 4.71. The molecule has 2 aliphatic heterocycles. The molecule has 10 heteroatoms. The third kappa shape index (κ3) is 4.81. The van der Waals surface area contributed by atoms with Gasteiger partial charge in [-0.15, -0.1) is 0 Å². The molecular formula is C24H25N3O6S. The number of piperazine rings is 1. The first kappa shape index (κ1) is 23.5. The lowest BCUT2D eigenvalue weighted by molar-refractivity contribution is -0.136. The van der Waals surface area contributed by atoms with E-state index in [0.29, 0.717) is 31.7 Å². The number of thioether (sulfide) groups is 1. The van der Waals surface area contributed by atoms with E-state index in [1.165, 1.54) is 32.4 Å². The Morgan fingerprint density at radius 2 is 1.65 bits per heavy atom. The predicted octanol–water partition coefficient (Wildman–Crippen LogP) is 2.79. The van der Waals surface area contributed by atoms with Crippen LogP contribution in [0.25, 0.3) is 6.08 Å². The molecule has 0 unspecified atom stereocenters. The Morgan fingerprint density at radius 3 is 2.24 bits per heavy atom. The lowest BCUT2D eigenvalue weighted by Gasteiger charge is -2.36. The third-order valence-electron chi connectivity index (χ3n) is 5.72. The number of carbonyl (C=O) groups excluding carboxylic acids is 3. The molecular weight excluding hydrogens is 458 g/mol. The number of phenolic OH excluding ortho intramolecular Hbond substituents is 1. The van der Waals surface area contributed by atoms with E-state index in [4.69, 9.17) is 9.47 Å². The van der Waals surface area contributed by atoms with Crippen molar-refractivity contribution in [3.05, 3.63) is 52.9 Å². The van der Waals surface area contributed by atoms with Gasteiger partial charge in [0.1, 0.15) is 6.54 Å². The molecule has 2 aromatic rings. The summed E-state index contributed by atoms with van der Waals surface area (Å²) < 4.78 is 10.3. The molecule has 2 saturated heterocycles. The van der Waals surface area contributed by atoms with Crippen LogP contribution in [0.1, 0.15) is 5.56 Å². The minimum atomic E-state index is -0.530. The molecule has 0 aliphatic carbocycles. The van der Waals surface area contributed by atoms with E-state index in [0.717, 1.165) is 22.3 Å². The van der Waals surface area contributed by atoms with Crippen LogP contribution in [0.4, 0.5) is 10.5 Å². The van der Waals surface area contributed by atoms with Gasteiger partial charge in [-0.05, 0) is 47.7 Å². The maximum atomic E-state index is 12.9. The van der Waals surface area contributed by atoms with Crippen molar-refractivity contribution in [1.29, 1.82) is 0 Å². The topological polar surface area (TPSA) is 99.6 Å². The lowest BCUT2D eigenvalue weighted by atomic mass is 10.1. The van der Waals surface area contributed by atoms with Crippen LogP contribution in [-0.2, 0) is 9.59 Å². The number of amides is 3. The van der Waals surface area contributed by atoms with Crippen LogP contribution in [-0.4, -0.2) is 78.9 Å². The van der Waals surface area contributed by atoms with Gasteiger partial charge in [0.2, 0.25) is 11.7 Å². The largest absolute Gasteiger partial charge is 0.502 e.